The SMILES string of the molecule is CCc1cccc2c(C(CC(=O)NCc3ccccn3)c3ccc(C)cc3)c[nH]c12. The normalized spacial score (nSPS) is 12.1. The lowest BCUT2D eigenvalue weighted by Gasteiger charge is -2.18. The van der Waals surface area contributed by atoms with Gasteiger partial charge >= 0.3 is 0 Å². The molecule has 2 aromatic heterocycles. The number of pyridine rings is 1. The predicted octanol–water partition coefficient (Wildman–Crippen LogP) is 5.27. The summed E-state index contributed by atoms with van der Waals surface area (Å²) in [5.41, 5.74) is 6.84. The van der Waals surface area contributed by atoms with Crippen molar-refractivity contribution in [3.8, 4) is 0 Å². The molecule has 0 fully saturated rings. The van der Waals surface area contributed by atoms with Gasteiger partial charge in [-0.25, -0.2) is 0 Å². The Morgan fingerprint density at radius 3 is 2.63 bits per heavy atom. The van der Waals surface area contributed by atoms with Crippen molar-refractivity contribution in [3.05, 3.63) is 101 Å². The van der Waals surface area contributed by atoms with Gasteiger partial charge in [-0.1, -0.05) is 61.0 Å². The summed E-state index contributed by atoms with van der Waals surface area (Å²) in [5, 5.41) is 4.22. The summed E-state index contributed by atoms with van der Waals surface area (Å²) in [5.74, 6) is 0.00223. The average Bonchev–Trinajstić information content (AvgIpc) is 3.21. The Balaban J connectivity index is 1.64. The monoisotopic (exact) mass is 397 g/mol. The van der Waals surface area contributed by atoms with Crippen molar-refractivity contribution in [2.24, 2.45) is 0 Å². The van der Waals surface area contributed by atoms with Crippen molar-refractivity contribution in [3.63, 3.8) is 0 Å². The third kappa shape index (κ3) is 4.28. The molecule has 0 aliphatic rings. The van der Waals surface area contributed by atoms with Crippen LogP contribution in [-0.4, -0.2) is 15.9 Å². The number of carbonyl (C=O) groups excluding carboxylic acids is 1. The standard InChI is InChI=1S/C26H27N3O/c1-3-19-7-6-9-22-24(17-29-26(19)22)23(20-12-10-18(2)11-13-20)15-25(30)28-16-21-8-4-5-14-27-21/h4-14,17,23,29H,3,15-16H2,1-2H3,(H,28,30). The summed E-state index contributed by atoms with van der Waals surface area (Å²) in [6.45, 7) is 4.68. The number of aryl methyl sites for hydroxylation is 2. The van der Waals surface area contributed by atoms with Gasteiger partial charge in [0.1, 0.15) is 0 Å². The quantitative estimate of drug-likeness (QED) is 0.446. The van der Waals surface area contributed by atoms with E-state index in [1.54, 1.807) is 6.20 Å². The van der Waals surface area contributed by atoms with Crippen molar-refractivity contribution >= 4 is 16.8 Å². The molecule has 1 amide bonds. The lowest BCUT2D eigenvalue weighted by atomic mass is 9.87. The molecule has 4 aromatic rings. The molecular weight excluding hydrogens is 370 g/mol. The van der Waals surface area contributed by atoms with E-state index >= 15 is 0 Å². The van der Waals surface area contributed by atoms with E-state index in [0.29, 0.717) is 13.0 Å². The molecule has 2 N–H and O–H groups in total. The van der Waals surface area contributed by atoms with Gasteiger partial charge < -0.3 is 10.3 Å². The maximum Gasteiger partial charge on any atom is 0.221 e. The van der Waals surface area contributed by atoms with E-state index < -0.39 is 0 Å². The highest BCUT2D eigenvalue weighted by molar-refractivity contribution is 5.88. The first kappa shape index (κ1) is 19.9. The zero-order valence-corrected chi connectivity index (χ0v) is 17.5. The Morgan fingerprint density at radius 1 is 1.07 bits per heavy atom. The lowest BCUT2D eigenvalue weighted by Crippen LogP contribution is -2.25. The number of aromatic nitrogens is 2. The Bertz CT molecular complexity index is 1130. The number of nitrogens with one attached hydrogen (secondary N) is 2. The molecule has 30 heavy (non-hydrogen) atoms. The molecule has 0 aliphatic heterocycles. The topological polar surface area (TPSA) is 57.8 Å². The van der Waals surface area contributed by atoms with Crippen LogP contribution in [0.4, 0.5) is 0 Å². The van der Waals surface area contributed by atoms with Crippen LogP contribution in [0.25, 0.3) is 10.9 Å². The number of rotatable bonds is 7. The maximum absolute atomic E-state index is 12.9. The molecule has 1 unspecified atom stereocenters. The lowest BCUT2D eigenvalue weighted by molar-refractivity contribution is -0.121. The molecule has 152 valence electrons. The summed E-state index contributed by atoms with van der Waals surface area (Å²) in [6.07, 6.45) is 5.17. The van der Waals surface area contributed by atoms with Crippen LogP contribution in [0, 0.1) is 6.92 Å². The summed E-state index contributed by atoms with van der Waals surface area (Å²) < 4.78 is 0. The molecular formula is C26H27N3O. The molecule has 4 rings (SSSR count). The summed E-state index contributed by atoms with van der Waals surface area (Å²) in [4.78, 5) is 20.6. The first-order valence-electron chi connectivity index (χ1n) is 10.5. The number of aromatic amines is 1. The van der Waals surface area contributed by atoms with Crippen molar-refractivity contribution in [1.29, 1.82) is 0 Å². The second kappa shape index (κ2) is 8.95. The smallest absolute Gasteiger partial charge is 0.221 e. The summed E-state index contributed by atoms with van der Waals surface area (Å²) >= 11 is 0. The minimum atomic E-state index is -0.0183. The fraction of sp³-hybridized carbons (Fsp3) is 0.231. The second-order valence-electron chi connectivity index (χ2n) is 7.70. The molecule has 2 heterocycles. The molecule has 4 nitrogen and oxygen atoms in total. The fourth-order valence-corrected chi connectivity index (χ4v) is 3.98. The number of hydrogen-bond acceptors (Lipinski definition) is 2. The summed E-state index contributed by atoms with van der Waals surface area (Å²) in [7, 11) is 0. The van der Waals surface area contributed by atoms with Crippen molar-refractivity contribution in [1.82, 2.24) is 15.3 Å². The number of para-hydroxylation sites is 1. The predicted molar refractivity (Wildman–Crippen MR) is 121 cm³/mol. The highest BCUT2D eigenvalue weighted by Gasteiger charge is 2.22. The van der Waals surface area contributed by atoms with Gasteiger partial charge in [-0.3, -0.25) is 9.78 Å². The second-order valence-corrected chi connectivity index (χ2v) is 7.70. The number of fused-ring (bicyclic) bond motifs is 1. The van der Waals surface area contributed by atoms with E-state index in [2.05, 4.69) is 77.8 Å². The van der Waals surface area contributed by atoms with Gasteiger partial charge in [0.25, 0.3) is 0 Å². The molecule has 0 aliphatic carbocycles. The molecule has 0 saturated carbocycles. The zero-order chi connectivity index (χ0) is 20.9. The van der Waals surface area contributed by atoms with Gasteiger partial charge in [0.05, 0.1) is 12.2 Å². The Morgan fingerprint density at radius 2 is 1.90 bits per heavy atom. The van der Waals surface area contributed by atoms with E-state index in [0.717, 1.165) is 23.2 Å². The van der Waals surface area contributed by atoms with E-state index in [1.165, 1.54) is 22.0 Å². The number of amides is 1. The highest BCUT2D eigenvalue weighted by Crippen LogP contribution is 2.34. The van der Waals surface area contributed by atoms with Crippen LogP contribution in [0.15, 0.2) is 73.1 Å². The molecule has 0 radical (unpaired) electrons. The van der Waals surface area contributed by atoms with Gasteiger partial charge in [0.15, 0.2) is 0 Å². The number of carbonyl (C=O) groups is 1. The molecule has 1 atom stereocenters. The van der Waals surface area contributed by atoms with Crippen LogP contribution < -0.4 is 5.32 Å². The maximum atomic E-state index is 12.9. The summed E-state index contributed by atoms with van der Waals surface area (Å²) in [6, 6.07) is 20.6. The van der Waals surface area contributed by atoms with E-state index in [9.17, 15) is 4.79 Å². The minimum absolute atomic E-state index is 0.0183. The molecule has 2 aromatic carbocycles. The first-order chi connectivity index (χ1) is 14.7. The highest BCUT2D eigenvalue weighted by atomic mass is 16.1. The fourth-order valence-electron chi connectivity index (χ4n) is 3.98. The van der Waals surface area contributed by atoms with Crippen molar-refractivity contribution < 1.29 is 4.79 Å². The van der Waals surface area contributed by atoms with E-state index in [-0.39, 0.29) is 11.8 Å². The number of benzene rings is 2. The third-order valence-corrected chi connectivity index (χ3v) is 5.65. The minimum Gasteiger partial charge on any atom is -0.361 e. The van der Waals surface area contributed by atoms with Gasteiger partial charge in [-0.2, -0.15) is 0 Å². The van der Waals surface area contributed by atoms with Crippen molar-refractivity contribution in [2.75, 3.05) is 0 Å². The van der Waals surface area contributed by atoms with E-state index in [4.69, 9.17) is 0 Å². The number of H-pyrrole nitrogens is 1. The Labute approximate surface area is 177 Å². The molecule has 0 bridgehead atoms. The van der Waals surface area contributed by atoms with Crippen LogP contribution in [-0.2, 0) is 17.8 Å². The van der Waals surface area contributed by atoms with Crippen LogP contribution in [0.5, 0.6) is 0 Å². The Kier molecular flexibility index (Phi) is 5.94. The van der Waals surface area contributed by atoms with Crippen LogP contribution in [0.1, 0.15) is 47.2 Å². The van der Waals surface area contributed by atoms with Gasteiger partial charge in [-0.15, -0.1) is 0 Å². The number of hydrogen-bond donors (Lipinski definition) is 2. The van der Waals surface area contributed by atoms with Crippen LogP contribution in [0.3, 0.4) is 0 Å². The average molecular weight is 398 g/mol. The third-order valence-electron chi connectivity index (χ3n) is 5.65. The molecule has 0 spiro atoms. The van der Waals surface area contributed by atoms with Crippen LogP contribution in [0.2, 0.25) is 0 Å². The largest absolute Gasteiger partial charge is 0.361 e. The van der Waals surface area contributed by atoms with Gasteiger partial charge in [-0.05, 0) is 42.2 Å². The Hall–Kier alpha value is -3.40. The van der Waals surface area contributed by atoms with Crippen LogP contribution >= 0.6 is 0 Å². The van der Waals surface area contributed by atoms with Crippen molar-refractivity contribution in [2.45, 2.75) is 39.2 Å². The van der Waals surface area contributed by atoms with E-state index in [1.807, 2.05) is 18.2 Å². The first-order valence-corrected chi connectivity index (χ1v) is 10.5. The van der Waals surface area contributed by atoms with Gasteiger partial charge in [0.2, 0.25) is 5.91 Å². The molecule has 4 heteroatoms. The van der Waals surface area contributed by atoms with Gasteiger partial charge in [0, 0.05) is 35.6 Å². The zero-order valence-electron chi connectivity index (χ0n) is 17.5. The molecule has 0 saturated heterocycles. The number of nitrogens with zero attached hydrogens (tertiary/aromatic N) is 1.